The number of nitrogens with zero attached hydrogens (tertiary/aromatic N) is 2. The average Bonchev–Trinajstić information content (AvgIpc) is 2.85. The van der Waals surface area contributed by atoms with Crippen molar-refractivity contribution in [3.63, 3.8) is 0 Å². The Morgan fingerprint density at radius 1 is 1.43 bits per heavy atom. The van der Waals surface area contributed by atoms with Gasteiger partial charge in [0.2, 0.25) is 0 Å². The van der Waals surface area contributed by atoms with Gasteiger partial charge in [0.15, 0.2) is 0 Å². The third-order valence-electron chi connectivity index (χ3n) is 5.84. The third-order valence-corrected chi connectivity index (χ3v) is 5.84. The van der Waals surface area contributed by atoms with Gasteiger partial charge in [-0.05, 0) is 49.1 Å². The van der Waals surface area contributed by atoms with Crippen LogP contribution in [0.15, 0.2) is 12.5 Å². The van der Waals surface area contributed by atoms with Crippen LogP contribution in [-0.4, -0.2) is 27.5 Å². The first-order valence-electron chi connectivity index (χ1n) is 8.06. The molecule has 2 saturated carbocycles. The molecule has 2 aromatic rings. The van der Waals surface area contributed by atoms with Gasteiger partial charge in [-0.15, -0.1) is 0 Å². The molecule has 4 rings (SSSR count). The second-order valence-electron chi connectivity index (χ2n) is 6.57. The van der Waals surface area contributed by atoms with Gasteiger partial charge in [-0.2, -0.15) is 0 Å². The van der Waals surface area contributed by atoms with Crippen LogP contribution in [0.1, 0.15) is 38.2 Å². The van der Waals surface area contributed by atoms with E-state index < -0.39 is 0 Å². The molecule has 2 aliphatic carbocycles. The quantitative estimate of drug-likeness (QED) is 0.806. The number of nitrogens with two attached hydrogens (primary N) is 1. The van der Waals surface area contributed by atoms with Crippen LogP contribution in [0, 0.1) is 11.3 Å². The number of nitrogens with one attached hydrogen (secondary N) is 2. The maximum atomic E-state index is 5.94. The zero-order valence-electron chi connectivity index (χ0n) is 12.5. The monoisotopic (exact) mass is 285 g/mol. The van der Waals surface area contributed by atoms with Crippen LogP contribution in [0.4, 0.5) is 5.82 Å². The Balaban J connectivity index is 1.65. The van der Waals surface area contributed by atoms with E-state index in [9.17, 15) is 0 Å². The number of aryl methyl sites for hydroxylation is 1. The first-order valence-corrected chi connectivity index (χ1v) is 8.06. The molecule has 112 valence electrons. The molecule has 2 aromatic heterocycles. The Labute approximate surface area is 124 Å². The normalized spacial score (nSPS) is 26.6. The second kappa shape index (κ2) is 4.70. The summed E-state index contributed by atoms with van der Waals surface area (Å²) >= 11 is 0. The zero-order valence-corrected chi connectivity index (χ0v) is 12.5. The van der Waals surface area contributed by atoms with Crippen LogP contribution >= 0.6 is 0 Å². The zero-order chi connectivity index (χ0) is 14.4. The van der Waals surface area contributed by atoms with Crippen molar-refractivity contribution >= 4 is 16.9 Å². The topological polar surface area (TPSA) is 79.6 Å². The molecule has 0 bridgehead atoms. The number of aromatic amines is 1. The van der Waals surface area contributed by atoms with Crippen molar-refractivity contribution in [2.45, 2.75) is 45.1 Å². The minimum absolute atomic E-state index is 0.439. The number of hydrogen-bond donors (Lipinski definition) is 3. The van der Waals surface area contributed by atoms with E-state index in [1.165, 1.54) is 31.2 Å². The predicted octanol–water partition coefficient (Wildman–Crippen LogP) is 2.45. The van der Waals surface area contributed by atoms with Gasteiger partial charge >= 0.3 is 0 Å². The lowest BCUT2D eigenvalue weighted by Gasteiger charge is -2.61. The van der Waals surface area contributed by atoms with Crippen LogP contribution in [0.5, 0.6) is 0 Å². The van der Waals surface area contributed by atoms with Crippen LogP contribution < -0.4 is 11.1 Å². The molecule has 2 atom stereocenters. The largest absolute Gasteiger partial charge is 0.366 e. The molecule has 4 N–H and O–H groups in total. The summed E-state index contributed by atoms with van der Waals surface area (Å²) < 4.78 is 0. The maximum Gasteiger partial charge on any atom is 0.143 e. The Morgan fingerprint density at radius 2 is 2.29 bits per heavy atom. The molecular weight excluding hydrogens is 262 g/mol. The van der Waals surface area contributed by atoms with Crippen molar-refractivity contribution in [1.82, 2.24) is 15.0 Å². The van der Waals surface area contributed by atoms with E-state index in [0.717, 1.165) is 29.8 Å². The van der Waals surface area contributed by atoms with E-state index in [1.54, 1.807) is 6.33 Å². The number of hydrogen-bond acceptors (Lipinski definition) is 4. The lowest BCUT2D eigenvalue weighted by Crippen LogP contribution is -2.62. The minimum atomic E-state index is 0.439. The average molecular weight is 285 g/mol. The summed E-state index contributed by atoms with van der Waals surface area (Å²) in [6.07, 6.45) is 9.83. The van der Waals surface area contributed by atoms with Crippen molar-refractivity contribution in [1.29, 1.82) is 0 Å². The van der Waals surface area contributed by atoms with Crippen LogP contribution in [0.25, 0.3) is 11.0 Å². The Hall–Kier alpha value is -1.62. The highest BCUT2D eigenvalue weighted by Crippen LogP contribution is 2.60. The van der Waals surface area contributed by atoms with Gasteiger partial charge < -0.3 is 16.0 Å². The summed E-state index contributed by atoms with van der Waals surface area (Å²) in [6.45, 7) is 2.99. The van der Waals surface area contributed by atoms with E-state index in [4.69, 9.17) is 5.73 Å². The summed E-state index contributed by atoms with van der Waals surface area (Å²) in [5, 5.41) is 4.87. The second-order valence-corrected chi connectivity index (χ2v) is 6.57. The van der Waals surface area contributed by atoms with Crippen molar-refractivity contribution < 1.29 is 0 Å². The highest BCUT2D eigenvalue weighted by Gasteiger charge is 2.57. The molecule has 2 unspecified atom stereocenters. The van der Waals surface area contributed by atoms with E-state index in [0.29, 0.717) is 17.4 Å². The van der Waals surface area contributed by atoms with Gasteiger partial charge in [0, 0.05) is 12.2 Å². The molecule has 5 heteroatoms. The molecule has 2 heterocycles. The summed E-state index contributed by atoms with van der Waals surface area (Å²) in [6, 6.07) is 0.525. The lowest BCUT2D eigenvalue weighted by molar-refractivity contribution is -0.0586. The Kier molecular flexibility index (Phi) is 2.92. The van der Waals surface area contributed by atoms with Crippen LogP contribution in [0.2, 0.25) is 0 Å². The first-order chi connectivity index (χ1) is 10.3. The molecule has 0 aromatic carbocycles. The first kappa shape index (κ1) is 13.1. The molecule has 0 saturated heterocycles. The van der Waals surface area contributed by atoms with Crippen LogP contribution in [0.3, 0.4) is 0 Å². The predicted molar refractivity (Wildman–Crippen MR) is 84.1 cm³/mol. The highest BCUT2D eigenvalue weighted by molar-refractivity contribution is 5.90. The summed E-state index contributed by atoms with van der Waals surface area (Å²) in [5.41, 5.74) is 8.59. The lowest BCUT2D eigenvalue weighted by atomic mass is 9.47. The highest BCUT2D eigenvalue weighted by atomic mass is 15.1. The maximum absolute atomic E-state index is 5.94. The van der Waals surface area contributed by atoms with Crippen molar-refractivity contribution in [3.8, 4) is 0 Å². The molecule has 5 nitrogen and oxygen atoms in total. The minimum Gasteiger partial charge on any atom is -0.366 e. The number of H-pyrrole nitrogens is 1. The van der Waals surface area contributed by atoms with E-state index in [1.807, 2.05) is 6.20 Å². The fourth-order valence-electron chi connectivity index (χ4n) is 4.33. The molecular formula is C16H23N5. The smallest absolute Gasteiger partial charge is 0.143 e. The van der Waals surface area contributed by atoms with Crippen molar-refractivity contribution in [2.75, 3.05) is 11.9 Å². The van der Waals surface area contributed by atoms with Crippen LogP contribution in [-0.2, 0) is 6.42 Å². The SMILES string of the molecule is CCc1c[nH]c2ncnc(NC3CC(CN)C34CCC4)c12. The number of fused-ring (bicyclic) bond motifs is 1. The van der Waals surface area contributed by atoms with E-state index in [2.05, 4.69) is 27.2 Å². The summed E-state index contributed by atoms with van der Waals surface area (Å²) in [5.74, 6) is 1.68. The van der Waals surface area contributed by atoms with Crippen molar-refractivity contribution in [3.05, 3.63) is 18.1 Å². The molecule has 0 amide bonds. The van der Waals surface area contributed by atoms with Gasteiger partial charge in [0.05, 0.1) is 5.39 Å². The summed E-state index contributed by atoms with van der Waals surface area (Å²) in [4.78, 5) is 12.1. The van der Waals surface area contributed by atoms with Gasteiger partial charge in [-0.3, -0.25) is 0 Å². The number of aromatic nitrogens is 3. The summed E-state index contributed by atoms with van der Waals surface area (Å²) in [7, 11) is 0. The fourth-order valence-corrected chi connectivity index (χ4v) is 4.33. The molecule has 1 spiro atoms. The fraction of sp³-hybridized carbons (Fsp3) is 0.625. The number of rotatable bonds is 4. The molecule has 21 heavy (non-hydrogen) atoms. The van der Waals surface area contributed by atoms with Gasteiger partial charge in [0.1, 0.15) is 17.8 Å². The van der Waals surface area contributed by atoms with Gasteiger partial charge in [0.25, 0.3) is 0 Å². The van der Waals surface area contributed by atoms with E-state index in [-0.39, 0.29) is 0 Å². The number of anilines is 1. The van der Waals surface area contributed by atoms with Gasteiger partial charge in [-0.25, -0.2) is 9.97 Å². The van der Waals surface area contributed by atoms with E-state index >= 15 is 0 Å². The molecule has 2 aliphatic rings. The van der Waals surface area contributed by atoms with Crippen molar-refractivity contribution in [2.24, 2.45) is 17.1 Å². The standard InChI is InChI=1S/C16H23N5/c1-2-10-8-18-14-13(10)15(20-9-19-14)21-12-6-11(7-17)16(12)4-3-5-16/h8-9,11-12H,2-7,17H2,1H3,(H2,18,19,20,21). The third kappa shape index (κ3) is 1.73. The molecule has 0 radical (unpaired) electrons. The Bertz CT molecular complexity index is 658. The van der Waals surface area contributed by atoms with Gasteiger partial charge in [-0.1, -0.05) is 13.3 Å². The molecule has 0 aliphatic heterocycles. The Morgan fingerprint density at radius 3 is 2.95 bits per heavy atom. The molecule has 2 fully saturated rings.